The average Bonchev–Trinajstić information content (AvgIpc) is 2.95. The highest BCUT2D eigenvalue weighted by Gasteiger charge is 2.30. The van der Waals surface area contributed by atoms with Gasteiger partial charge >= 0.3 is 12.1 Å². The molecule has 0 heterocycles. The van der Waals surface area contributed by atoms with Gasteiger partial charge in [-0.3, -0.25) is 24.1 Å². The number of nitrogens with one attached hydrogen (secondary N) is 5. The minimum Gasteiger partial charge on any atom is -0.445 e. The predicted octanol–water partition coefficient (Wildman–Crippen LogP) is 1.22. The first kappa shape index (κ1) is 36.4. The van der Waals surface area contributed by atoms with Crippen LogP contribution in [0.2, 0.25) is 0 Å². The molecule has 1 rings (SSSR count). The Kier molecular flexibility index (Phi) is 15.3. The van der Waals surface area contributed by atoms with Crippen LogP contribution in [-0.4, -0.2) is 79.4 Å². The highest BCUT2D eigenvalue weighted by atomic mass is 16.6. The van der Waals surface area contributed by atoms with Gasteiger partial charge in [0.25, 0.3) is 0 Å². The molecule has 0 radical (unpaired) electrons. The Morgan fingerprint density at radius 3 is 2.09 bits per heavy atom. The summed E-state index contributed by atoms with van der Waals surface area (Å²) < 4.78 is 5.36. The second kappa shape index (κ2) is 18.0. The van der Waals surface area contributed by atoms with Crippen LogP contribution in [-0.2, 0) is 30.5 Å². The Labute approximate surface area is 252 Å². The highest BCUT2D eigenvalue weighted by Crippen LogP contribution is 2.15. The van der Waals surface area contributed by atoms with E-state index < -0.39 is 48.0 Å². The molecule has 0 spiro atoms. The lowest BCUT2D eigenvalue weighted by atomic mass is 10.0. The lowest BCUT2D eigenvalue weighted by Gasteiger charge is -2.28. The normalized spacial score (nSPS) is 12.7. The first-order chi connectivity index (χ1) is 20.2. The Bertz CT molecular complexity index is 1140. The maximum Gasteiger partial charge on any atom is 0.410 e. The van der Waals surface area contributed by atoms with E-state index in [0.29, 0.717) is 17.7 Å². The molecule has 0 fully saturated rings. The zero-order valence-corrected chi connectivity index (χ0v) is 25.7. The van der Waals surface area contributed by atoms with Gasteiger partial charge in [0.15, 0.2) is 0 Å². The molecule has 3 atom stereocenters. The molecule has 14 nitrogen and oxygen atoms in total. The second-order valence-electron chi connectivity index (χ2n) is 10.6. The summed E-state index contributed by atoms with van der Waals surface area (Å²) in [4.78, 5) is 75.0. The second-order valence-corrected chi connectivity index (χ2v) is 10.6. The number of carbonyl (C=O) groups excluding carboxylic acids is 6. The molecule has 238 valence electrons. The van der Waals surface area contributed by atoms with Crippen molar-refractivity contribution in [1.82, 2.24) is 26.2 Å². The van der Waals surface area contributed by atoms with Crippen LogP contribution < -0.4 is 32.3 Å². The summed E-state index contributed by atoms with van der Waals surface area (Å²) in [6.45, 7) is 10.7. The number of amides is 7. The molecular formula is C29H45N7O7. The van der Waals surface area contributed by atoms with Crippen molar-refractivity contribution in [3.8, 4) is 0 Å². The summed E-state index contributed by atoms with van der Waals surface area (Å²) in [7, 11) is 3.00. The summed E-state index contributed by atoms with van der Waals surface area (Å²) in [5.74, 6) is -2.29. The number of anilines is 1. The fourth-order valence-corrected chi connectivity index (χ4v) is 4.14. The van der Waals surface area contributed by atoms with E-state index in [-0.39, 0.29) is 37.3 Å². The minimum absolute atomic E-state index is 0.0610. The Balaban J connectivity index is 2.91. The summed E-state index contributed by atoms with van der Waals surface area (Å²) in [6.07, 6.45) is 0.905. The topological polar surface area (TPSA) is 201 Å². The summed E-state index contributed by atoms with van der Waals surface area (Å²) in [5.41, 5.74) is 6.16. The number of benzene rings is 1. The van der Waals surface area contributed by atoms with Gasteiger partial charge in [-0.05, 0) is 48.4 Å². The molecule has 1 aromatic carbocycles. The number of carbonyl (C=O) groups is 6. The van der Waals surface area contributed by atoms with E-state index in [1.807, 2.05) is 13.8 Å². The summed E-state index contributed by atoms with van der Waals surface area (Å²) in [6, 6.07) is 3.25. The van der Waals surface area contributed by atoms with Crippen LogP contribution in [0.15, 0.2) is 36.9 Å². The number of primary amides is 1. The number of nitrogens with two attached hydrogens (primary N) is 1. The highest BCUT2D eigenvalue weighted by molar-refractivity contribution is 5.99. The van der Waals surface area contributed by atoms with Crippen molar-refractivity contribution in [3.63, 3.8) is 0 Å². The first-order valence-corrected chi connectivity index (χ1v) is 14.0. The first-order valence-electron chi connectivity index (χ1n) is 14.0. The smallest absolute Gasteiger partial charge is 0.410 e. The van der Waals surface area contributed by atoms with Gasteiger partial charge < -0.3 is 37.1 Å². The third kappa shape index (κ3) is 12.4. The van der Waals surface area contributed by atoms with Crippen molar-refractivity contribution >= 4 is 41.4 Å². The number of ether oxygens (including phenoxy) is 1. The van der Waals surface area contributed by atoms with Crippen LogP contribution in [0.4, 0.5) is 15.3 Å². The van der Waals surface area contributed by atoms with Gasteiger partial charge in [-0.1, -0.05) is 46.4 Å². The summed E-state index contributed by atoms with van der Waals surface area (Å²) in [5, 5.41) is 13.0. The van der Waals surface area contributed by atoms with Crippen LogP contribution in [0.5, 0.6) is 0 Å². The van der Waals surface area contributed by atoms with E-state index in [1.165, 1.54) is 19.0 Å². The van der Waals surface area contributed by atoms with Crippen LogP contribution in [0.3, 0.4) is 0 Å². The molecule has 2 unspecified atom stereocenters. The van der Waals surface area contributed by atoms with Gasteiger partial charge in [0.2, 0.25) is 23.6 Å². The van der Waals surface area contributed by atoms with Crippen molar-refractivity contribution in [2.45, 2.75) is 65.3 Å². The molecule has 0 aromatic heterocycles. The van der Waals surface area contributed by atoms with Crippen LogP contribution >= 0.6 is 0 Å². The SMILES string of the molecule is C=CC(=O)NC(C(=O)N[C@@H](CCCNC(N)=O)C(=O)Nc1ccc(COC(=O)N(C)C(C(=O)NC)C(C)C)cc1)C(C)C. The fraction of sp³-hybridized carbons (Fsp3) is 0.517. The Morgan fingerprint density at radius 1 is 0.953 bits per heavy atom. The van der Waals surface area contributed by atoms with Crippen molar-refractivity contribution in [1.29, 1.82) is 0 Å². The summed E-state index contributed by atoms with van der Waals surface area (Å²) >= 11 is 0. The van der Waals surface area contributed by atoms with E-state index in [9.17, 15) is 28.8 Å². The number of rotatable bonds is 16. The maximum absolute atomic E-state index is 13.2. The van der Waals surface area contributed by atoms with Crippen LogP contribution in [0.25, 0.3) is 0 Å². The van der Waals surface area contributed by atoms with E-state index in [1.54, 1.807) is 38.1 Å². The van der Waals surface area contributed by atoms with Crippen molar-refractivity contribution in [2.75, 3.05) is 26.0 Å². The molecular weight excluding hydrogens is 558 g/mol. The minimum atomic E-state index is -0.991. The van der Waals surface area contributed by atoms with E-state index in [4.69, 9.17) is 10.5 Å². The molecule has 14 heteroatoms. The third-order valence-electron chi connectivity index (χ3n) is 6.47. The molecule has 0 bridgehead atoms. The van der Waals surface area contributed by atoms with E-state index >= 15 is 0 Å². The quantitative estimate of drug-likeness (QED) is 0.120. The van der Waals surface area contributed by atoms with Crippen molar-refractivity contribution in [2.24, 2.45) is 17.6 Å². The molecule has 0 aliphatic heterocycles. The molecule has 0 aliphatic rings. The lowest BCUT2D eigenvalue weighted by Crippen LogP contribution is -2.54. The van der Waals surface area contributed by atoms with Crippen LogP contribution in [0, 0.1) is 11.8 Å². The molecule has 7 N–H and O–H groups in total. The maximum atomic E-state index is 13.2. The van der Waals surface area contributed by atoms with Crippen LogP contribution in [0.1, 0.15) is 46.1 Å². The zero-order chi connectivity index (χ0) is 32.7. The third-order valence-corrected chi connectivity index (χ3v) is 6.47. The molecule has 1 aromatic rings. The van der Waals surface area contributed by atoms with Gasteiger partial charge in [-0.15, -0.1) is 0 Å². The number of hydrogen-bond acceptors (Lipinski definition) is 7. The molecule has 43 heavy (non-hydrogen) atoms. The lowest BCUT2D eigenvalue weighted by molar-refractivity contribution is -0.131. The largest absolute Gasteiger partial charge is 0.445 e. The molecule has 0 saturated heterocycles. The number of hydrogen-bond donors (Lipinski definition) is 6. The van der Waals surface area contributed by atoms with Gasteiger partial charge in [-0.2, -0.15) is 0 Å². The average molecular weight is 604 g/mol. The van der Waals surface area contributed by atoms with Crippen molar-refractivity contribution < 1.29 is 33.5 Å². The molecule has 7 amide bonds. The molecule has 0 saturated carbocycles. The predicted molar refractivity (Wildman–Crippen MR) is 161 cm³/mol. The Morgan fingerprint density at radius 2 is 1.58 bits per heavy atom. The number of urea groups is 1. The van der Waals surface area contributed by atoms with Crippen molar-refractivity contribution in [3.05, 3.63) is 42.5 Å². The van der Waals surface area contributed by atoms with Gasteiger partial charge in [-0.25, -0.2) is 9.59 Å². The fourth-order valence-electron chi connectivity index (χ4n) is 4.14. The van der Waals surface area contributed by atoms with E-state index in [0.717, 1.165) is 6.08 Å². The Hall–Kier alpha value is -4.62. The molecule has 0 aliphatic carbocycles. The van der Waals surface area contributed by atoms with Gasteiger partial charge in [0.05, 0.1) is 0 Å². The number of likely N-dealkylation sites (N-methyl/N-ethyl adjacent to an activating group) is 2. The number of nitrogens with zero attached hydrogens (tertiary/aromatic N) is 1. The standard InChI is InChI=1S/C29H45N7O7/c1-8-22(37)35-23(17(2)3)26(39)34-21(10-9-15-32-28(30)41)25(38)33-20-13-11-19(12-14-20)16-43-29(42)36(7)24(18(4)5)27(40)31-6/h8,11-14,17-18,21,23-24H,1,9-10,15-16H2,2-7H3,(H,31,40)(H,33,38)(H,34,39)(H,35,37)(H3,30,32,41)/t21-,23?,24?/m0/s1. The van der Waals surface area contributed by atoms with Gasteiger partial charge in [0, 0.05) is 26.3 Å². The zero-order valence-electron chi connectivity index (χ0n) is 25.7. The van der Waals surface area contributed by atoms with E-state index in [2.05, 4.69) is 33.2 Å². The monoisotopic (exact) mass is 603 g/mol. The van der Waals surface area contributed by atoms with Gasteiger partial charge in [0.1, 0.15) is 24.7 Å².